The Morgan fingerprint density at radius 3 is 2.92 bits per heavy atom. The number of rotatable bonds is 3. The highest BCUT2D eigenvalue weighted by Crippen LogP contribution is 2.37. The van der Waals surface area contributed by atoms with Gasteiger partial charge >= 0.3 is 0 Å². The number of furan rings is 1. The van der Waals surface area contributed by atoms with E-state index in [0.29, 0.717) is 5.56 Å². The van der Waals surface area contributed by atoms with Crippen molar-refractivity contribution in [3.05, 3.63) is 35.6 Å². The summed E-state index contributed by atoms with van der Waals surface area (Å²) in [5.74, 6) is 0.296. The van der Waals surface area contributed by atoms with Crippen LogP contribution in [0.5, 0.6) is 0 Å². The molecule has 2 aromatic rings. The lowest BCUT2D eigenvalue weighted by Gasteiger charge is -2.31. The summed E-state index contributed by atoms with van der Waals surface area (Å²) in [6, 6.07) is 6.25. The number of hydrogen-bond donors (Lipinski definition) is 1. The Labute approximate surface area is 142 Å². The highest BCUT2D eigenvalue weighted by molar-refractivity contribution is 6.06. The van der Waals surface area contributed by atoms with Gasteiger partial charge in [-0.1, -0.05) is 19.4 Å². The fourth-order valence-electron chi connectivity index (χ4n) is 4.52. The van der Waals surface area contributed by atoms with E-state index in [1.807, 2.05) is 17.0 Å². The van der Waals surface area contributed by atoms with Crippen LogP contribution in [0.2, 0.25) is 0 Å². The molecule has 4 rings (SSSR count). The maximum absolute atomic E-state index is 13.2. The van der Waals surface area contributed by atoms with E-state index in [9.17, 15) is 9.90 Å². The molecule has 0 spiro atoms. The molecule has 1 aliphatic carbocycles. The summed E-state index contributed by atoms with van der Waals surface area (Å²) in [7, 11) is 0. The minimum atomic E-state index is -0.254. The van der Waals surface area contributed by atoms with E-state index in [0.717, 1.165) is 56.0 Å². The van der Waals surface area contributed by atoms with Crippen molar-refractivity contribution in [3.8, 4) is 0 Å². The van der Waals surface area contributed by atoms with Crippen molar-refractivity contribution in [3.63, 3.8) is 0 Å². The average molecular weight is 327 g/mol. The van der Waals surface area contributed by atoms with Crippen molar-refractivity contribution in [2.24, 2.45) is 5.92 Å². The zero-order valence-corrected chi connectivity index (χ0v) is 14.2. The van der Waals surface area contributed by atoms with Gasteiger partial charge in [-0.3, -0.25) is 4.79 Å². The molecule has 0 unspecified atom stereocenters. The molecule has 24 heavy (non-hydrogen) atoms. The van der Waals surface area contributed by atoms with Crippen molar-refractivity contribution in [2.45, 2.75) is 57.6 Å². The molecule has 2 heterocycles. The van der Waals surface area contributed by atoms with Crippen LogP contribution < -0.4 is 0 Å². The standard InChI is InChI=1S/C20H25NO3/c1-2-13-8-9-19-15(11-13)16(12-24-19)20(23)21-10-4-6-17(21)14-5-3-7-18(14)22/h8-9,11-12,14,17-18,22H,2-7,10H2,1H3/t14-,17-,18-/m1/s1. The number of aliphatic hydroxyl groups is 1. The Morgan fingerprint density at radius 1 is 1.29 bits per heavy atom. The predicted octanol–water partition coefficient (Wildman–Crippen LogP) is 3.76. The van der Waals surface area contributed by atoms with Crippen LogP contribution in [0, 0.1) is 5.92 Å². The van der Waals surface area contributed by atoms with E-state index >= 15 is 0 Å². The first-order valence-electron chi connectivity index (χ1n) is 9.18. The number of aliphatic hydroxyl groups excluding tert-OH is 1. The highest BCUT2D eigenvalue weighted by atomic mass is 16.3. The fraction of sp³-hybridized carbons (Fsp3) is 0.550. The molecule has 4 nitrogen and oxygen atoms in total. The summed E-state index contributed by atoms with van der Waals surface area (Å²) in [5, 5.41) is 11.2. The summed E-state index contributed by atoms with van der Waals surface area (Å²) in [6.07, 6.45) is 7.29. The first kappa shape index (κ1) is 15.7. The number of carbonyl (C=O) groups is 1. The summed E-state index contributed by atoms with van der Waals surface area (Å²) in [4.78, 5) is 15.2. The molecule has 1 saturated heterocycles. The lowest BCUT2D eigenvalue weighted by Crippen LogP contribution is -2.42. The summed E-state index contributed by atoms with van der Waals surface area (Å²) >= 11 is 0. The first-order chi connectivity index (χ1) is 11.7. The molecule has 128 valence electrons. The van der Waals surface area contributed by atoms with Gasteiger partial charge in [0, 0.05) is 23.9 Å². The quantitative estimate of drug-likeness (QED) is 0.934. The van der Waals surface area contributed by atoms with Crippen LogP contribution in [-0.4, -0.2) is 34.6 Å². The smallest absolute Gasteiger partial charge is 0.258 e. The Bertz CT molecular complexity index is 750. The second-order valence-electron chi connectivity index (χ2n) is 7.20. The summed E-state index contributed by atoms with van der Waals surface area (Å²) in [5.41, 5.74) is 2.65. The van der Waals surface area contributed by atoms with Crippen LogP contribution >= 0.6 is 0 Å². The zero-order chi connectivity index (χ0) is 16.7. The molecule has 0 radical (unpaired) electrons. The molecule has 2 fully saturated rings. The van der Waals surface area contributed by atoms with Gasteiger partial charge in [0.05, 0.1) is 11.7 Å². The van der Waals surface area contributed by atoms with Crippen molar-refractivity contribution in [2.75, 3.05) is 6.54 Å². The van der Waals surface area contributed by atoms with E-state index in [2.05, 4.69) is 13.0 Å². The Hall–Kier alpha value is -1.81. The highest BCUT2D eigenvalue weighted by Gasteiger charge is 2.40. The fourth-order valence-corrected chi connectivity index (χ4v) is 4.52. The van der Waals surface area contributed by atoms with Gasteiger partial charge in [0.25, 0.3) is 5.91 Å². The molecule has 3 atom stereocenters. The number of likely N-dealkylation sites (tertiary alicyclic amines) is 1. The van der Waals surface area contributed by atoms with E-state index in [1.165, 1.54) is 5.56 Å². The number of carbonyl (C=O) groups excluding carboxylic acids is 1. The molecule has 4 heteroatoms. The van der Waals surface area contributed by atoms with Crippen molar-refractivity contribution >= 4 is 16.9 Å². The Kier molecular flexibility index (Phi) is 4.09. The third-order valence-electron chi connectivity index (χ3n) is 5.86. The van der Waals surface area contributed by atoms with Gasteiger partial charge in [0.1, 0.15) is 11.8 Å². The van der Waals surface area contributed by atoms with E-state index < -0.39 is 0 Å². The van der Waals surface area contributed by atoms with Gasteiger partial charge in [-0.25, -0.2) is 0 Å². The van der Waals surface area contributed by atoms with E-state index in [4.69, 9.17) is 4.42 Å². The molecular formula is C20H25NO3. The summed E-state index contributed by atoms with van der Waals surface area (Å²) < 4.78 is 5.61. The Balaban J connectivity index is 1.65. The minimum Gasteiger partial charge on any atom is -0.463 e. The first-order valence-corrected chi connectivity index (χ1v) is 9.18. The van der Waals surface area contributed by atoms with Crippen LogP contribution in [0.25, 0.3) is 11.0 Å². The molecule has 0 bridgehead atoms. The lowest BCUT2D eigenvalue weighted by atomic mass is 9.93. The van der Waals surface area contributed by atoms with Gasteiger partial charge in [-0.2, -0.15) is 0 Å². The molecule has 1 saturated carbocycles. The molecule has 2 aliphatic rings. The van der Waals surface area contributed by atoms with E-state index in [-0.39, 0.29) is 24.0 Å². The molecular weight excluding hydrogens is 302 g/mol. The monoisotopic (exact) mass is 327 g/mol. The maximum Gasteiger partial charge on any atom is 0.258 e. The zero-order valence-electron chi connectivity index (χ0n) is 14.2. The second-order valence-corrected chi connectivity index (χ2v) is 7.20. The van der Waals surface area contributed by atoms with Crippen LogP contribution in [-0.2, 0) is 6.42 Å². The number of fused-ring (bicyclic) bond motifs is 1. The third kappa shape index (κ3) is 2.53. The largest absolute Gasteiger partial charge is 0.463 e. The van der Waals surface area contributed by atoms with Crippen molar-refractivity contribution < 1.29 is 14.3 Å². The molecule has 1 amide bonds. The van der Waals surface area contributed by atoms with Gasteiger partial charge in [-0.05, 0) is 49.8 Å². The summed E-state index contributed by atoms with van der Waals surface area (Å²) in [6.45, 7) is 2.90. The normalized spacial score (nSPS) is 27.2. The number of hydrogen-bond acceptors (Lipinski definition) is 3. The molecule has 1 aromatic heterocycles. The van der Waals surface area contributed by atoms with Gasteiger partial charge < -0.3 is 14.4 Å². The number of aryl methyl sites for hydroxylation is 1. The van der Waals surface area contributed by atoms with Crippen LogP contribution in [0.4, 0.5) is 0 Å². The topological polar surface area (TPSA) is 53.7 Å². The number of amides is 1. The second kappa shape index (κ2) is 6.25. The van der Waals surface area contributed by atoms with Crippen LogP contribution in [0.1, 0.15) is 54.9 Å². The molecule has 1 aliphatic heterocycles. The number of nitrogens with zero attached hydrogens (tertiary/aromatic N) is 1. The van der Waals surface area contributed by atoms with E-state index in [1.54, 1.807) is 6.26 Å². The predicted molar refractivity (Wildman–Crippen MR) is 93.0 cm³/mol. The molecule has 1 N–H and O–H groups in total. The average Bonchev–Trinajstić information content (AvgIpc) is 3.32. The van der Waals surface area contributed by atoms with Gasteiger partial charge in [-0.15, -0.1) is 0 Å². The lowest BCUT2D eigenvalue weighted by molar-refractivity contribution is 0.0528. The third-order valence-corrected chi connectivity index (χ3v) is 5.86. The van der Waals surface area contributed by atoms with Crippen molar-refractivity contribution in [1.82, 2.24) is 4.90 Å². The maximum atomic E-state index is 13.2. The number of benzene rings is 1. The van der Waals surface area contributed by atoms with Gasteiger partial charge in [0.2, 0.25) is 0 Å². The molecule has 1 aromatic carbocycles. The Morgan fingerprint density at radius 2 is 2.17 bits per heavy atom. The van der Waals surface area contributed by atoms with Crippen LogP contribution in [0.3, 0.4) is 0 Å². The minimum absolute atomic E-state index is 0.0589. The van der Waals surface area contributed by atoms with Crippen LogP contribution in [0.15, 0.2) is 28.9 Å². The van der Waals surface area contributed by atoms with Crippen molar-refractivity contribution in [1.29, 1.82) is 0 Å². The van der Waals surface area contributed by atoms with Gasteiger partial charge in [0.15, 0.2) is 0 Å². The SMILES string of the molecule is CCc1ccc2occ(C(=O)N3CCC[C@@H]3[C@H]3CCC[C@H]3O)c2c1.